The third-order valence-corrected chi connectivity index (χ3v) is 4.19. The Labute approximate surface area is 121 Å². The number of primary amides is 1. The van der Waals surface area contributed by atoms with Crippen LogP contribution >= 0.6 is 0 Å². The smallest absolute Gasteiger partial charge is 0.240 e. The number of carbonyl (C=O) groups excluding carboxylic acids is 2. The van der Waals surface area contributed by atoms with Gasteiger partial charge in [-0.25, -0.2) is 0 Å². The predicted molar refractivity (Wildman–Crippen MR) is 78.3 cm³/mol. The summed E-state index contributed by atoms with van der Waals surface area (Å²) in [6.07, 6.45) is 0.259. The van der Waals surface area contributed by atoms with Crippen LogP contribution in [0.1, 0.15) is 20.3 Å². The quantitative estimate of drug-likeness (QED) is 0.780. The molecule has 110 valence electrons. The fraction of sp³-hybridized carbons (Fsp3) is 0.429. The van der Waals surface area contributed by atoms with Gasteiger partial charge in [-0.3, -0.25) is 13.8 Å². The largest absolute Gasteiger partial charge is 0.368 e. The number of nitrogens with one attached hydrogen (secondary N) is 1. The maximum Gasteiger partial charge on any atom is 0.240 e. The molecule has 20 heavy (non-hydrogen) atoms. The van der Waals surface area contributed by atoms with Crippen LogP contribution in [0.4, 0.5) is 0 Å². The summed E-state index contributed by atoms with van der Waals surface area (Å²) in [5.41, 5.74) is 5.26. The van der Waals surface area contributed by atoms with E-state index in [1.165, 1.54) is 0 Å². The van der Waals surface area contributed by atoms with Gasteiger partial charge in [-0.1, -0.05) is 32.0 Å². The molecule has 0 spiro atoms. The standard InChI is InChI=1S/C14H20N2O3S/c1-10(2)14(18)16-12(13(15)17)8-9-20(19)11-6-4-3-5-7-11/h3-7,10,12H,8-9H2,1-2H3,(H2,15,17)(H,16,18)/t12-,20-/m1/s1. The number of carbonyl (C=O) groups is 2. The van der Waals surface area contributed by atoms with Crippen LogP contribution in [-0.2, 0) is 20.4 Å². The Morgan fingerprint density at radius 1 is 1.25 bits per heavy atom. The summed E-state index contributed by atoms with van der Waals surface area (Å²) in [5, 5.41) is 2.57. The molecule has 0 aliphatic rings. The number of hydrogen-bond acceptors (Lipinski definition) is 3. The maximum atomic E-state index is 12.0. The molecule has 0 radical (unpaired) electrons. The minimum atomic E-state index is -1.21. The molecule has 0 aliphatic heterocycles. The van der Waals surface area contributed by atoms with Gasteiger partial charge in [0.05, 0.1) is 10.8 Å². The van der Waals surface area contributed by atoms with Gasteiger partial charge < -0.3 is 11.1 Å². The number of benzene rings is 1. The van der Waals surface area contributed by atoms with Gasteiger partial charge in [-0.15, -0.1) is 0 Å². The fourth-order valence-corrected chi connectivity index (χ4v) is 2.69. The zero-order chi connectivity index (χ0) is 15.1. The van der Waals surface area contributed by atoms with Crippen molar-refractivity contribution < 1.29 is 13.8 Å². The fourth-order valence-electron chi connectivity index (χ4n) is 1.54. The van der Waals surface area contributed by atoms with Crippen molar-refractivity contribution in [1.82, 2.24) is 5.32 Å². The monoisotopic (exact) mass is 296 g/mol. The summed E-state index contributed by atoms with van der Waals surface area (Å²) < 4.78 is 12.0. The molecule has 0 unspecified atom stereocenters. The number of hydrogen-bond donors (Lipinski definition) is 2. The first-order chi connectivity index (χ1) is 9.41. The highest BCUT2D eigenvalue weighted by Crippen LogP contribution is 2.08. The highest BCUT2D eigenvalue weighted by molar-refractivity contribution is 7.85. The third kappa shape index (κ3) is 5.13. The maximum absolute atomic E-state index is 12.0. The summed E-state index contributed by atoms with van der Waals surface area (Å²) in [4.78, 5) is 23.6. The summed E-state index contributed by atoms with van der Waals surface area (Å²) in [7, 11) is -1.21. The van der Waals surface area contributed by atoms with Crippen molar-refractivity contribution in [2.45, 2.75) is 31.2 Å². The van der Waals surface area contributed by atoms with E-state index in [-0.39, 0.29) is 24.0 Å². The van der Waals surface area contributed by atoms with E-state index in [1.807, 2.05) is 6.07 Å². The van der Waals surface area contributed by atoms with E-state index >= 15 is 0 Å². The molecule has 1 rings (SSSR count). The molecular formula is C14H20N2O3S. The van der Waals surface area contributed by atoms with E-state index in [9.17, 15) is 13.8 Å². The average molecular weight is 296 g/mol. The van der Waals surface area contributed by atoms with Crippen LogP contribution in [0.15, 0.2) is 35.2 Å². The van der Waals surface area contributed by atoms with Gasteiger partial charge in [0, 0.05) is 16.6 Å². The second-order valence-electron chi connectivity index (χ2n) is 4.77. The lowest BCUT2D eigenvalue weighted by Crippen LogP contribution is -2.46. The molecule has 0 aromatic heterocycles. The first-order valence-corrected chi connectivity index (χ1v) is 7.76. The first kappa shape index (κ1) is 16.4. The Morgan fingerprint density at radius 3 is 2.35 bits per heavy atom. The van der Waals surface area contributed by atoms with E-state index in [1.54, 1.807) is 38.1 Å². The van der Waals surface area contributed by atoms with E-state index in [0.29, 0.717) is 4.90 Å². The molecule has 0 saturated carbocycles. The lowest BCUT2D eigenvalue weighted by molar-refractivity contribution is -0.129. The van der Waals surface area contributed by atoms with Gasteiger partial charge in [-0.2, -0.15) is 0 Å². The van der Waals surface area contributed by atoms with Gasteiger partial charge in [-0.05, 0) is 18.6 Å². The average Bonchev–Trinajstić information content (AvgIpc) is 2.43. The summed E-state index contributed by atoms with van der Waals surface area (Å²) in [5.74, 6) is -0.796. The number of rotatable bonds is 7. The first-order valence-electron chi connectivity index (χ1n) is 6.45. The van der Waals surface area contributed by atoms with Gasteiger partial charge in [0.25, 0.3) is 0 Å². The molecule has 0 bridgehead atoms. The second-order valence-corrected chi connectivity index (χ2v) is 6.34. The Kier molecular flexibility index (Phi) is 6.38. The molecule has 2 atom stereocenters. The molecule has 3 N–H and O–H groups in total. The molecule has 1 aromatic rings. The summed E-state index contributed by atoms with van der Waals surface area (Å²) in [6, 6.07) is 8.20. The van der Waals surface area contributed by atoms with E-state index < -0.39 is 22.7 Å². The highest BCUT2D eigenvalue weighted by atomic mass is 32.2. The molecule has 5 nitrogen and oxygen atoms in total. The van der Waals surface area contributed by atoms with Gasteiger partial charge in [0.15, 0.2) is 0 Å². The topological polar surface area (TPSA) is 89.3 Å². The Balaban J connectivity index is 2.57. The highest BCUT2D eigenvalue weighted by Gasteiger charge is 2.20. The molecule has 0 aliphatic carbocycles. The molecular weight excluding hydrogens is 276 g/mol. The number of amides is 2. The van der Waals surface area contributed by atoms with Crippen molar-refractivity contribution in [3.8, 4) is 0 Å². The second kappa shape index (κ2) is 7.79. The lowest BCUT2D eigenvalue weighted by atomic mass is 10.1. The molecule has 6 heteroatoms. The Bertz CT molecular complexity index is 488. The molecule has 0 heterocycles. The Morgan fingerprint density at radius 2 is 1.85 bits per heavy atom. The lowest BCUT2D eigenvalue weighted by Gasteiger charge is -2.16. The van der Waals surface area contributed by atoms with E-state index in [0.717, 1.165) is 0 Å². The van der Waals surface area contributed by atoms with Crippen molar-refractivity contribution in [3.05, 3.63) is 30.3 Å². The van der Waals surface area contributed by atoms with Crippen LogP contribution in [0.5, 0.6) is 0 Å². The van der Waals surface area contributed by atoms with E-state index in [2.05, 4.69) is 5.32 Å². The zero-order valence-corrected chi connectivity index (χ0v) is 12.5. The van der Waals surface area contributed by atoms with Crippen molar-refractivity contribution in [2.75, 3.05) is 5.75 Å². The van der Waals surface area contributed by atoms with Crippen molar-refractivity contribution in [1.29, 1.82) is 0 Å². The van der Waals surface area contributed by atoms with Crippen molar-refractivity contribution >= 4 is 22.6 Å². The van der Waals surface area contributed by atoms with Crippen molar-refractivity contribution in [2.24, 2.45) is 11.7 Å². The number of nitrogens with two attached hydrogens (primary N) is 1. The van der Waals surface area contributed by atoms with E-state index in [4.69, 9.17) is 5.73 Å². The molecule has 2 amide bonds. The molecule has 1 aromatic carbocycles. The molecule has 0 fully saturated rings. The zero-order valence-electron chi connectivity index (χ0n) is 11.7. The van der Waals surface area contributed by atoms with Crippen LogP contribution in [0.3, 0.4) is 0 Å². The Hall–Kier alpha value is -1.69. The van der Waals surface area contributed by atoms with Gasteiger partial charge in [0.2, 0.25) is 11.8 Å². The predicted octanol–water partition coefficient (Wildman–Crippen LogP) is 0.810. The summed E-state index contributed by atoms with van der Waals surface area (Å²) >= 11 is 0. The van der Waals surface area contributed by atoms with Crippen LogP contribution in [-0.4, -0.2) is 27.8 Å². The third-order valence-electron chi connectivity index (χ3n) is 2.78. The normalized spacial score (nSPS) is 13.8. The molecule has 0 saturated heterocycles. The van der Waals surface area contributed by atoms with Crippen LogP contribution in [0.2, 0.25) is 0 Å². The van der Waals surface area contributed by atoms with Gasteiger partial charge >= 0.3 is 0 Å². The van der Waals surface area contributed by atoms with Crippen LogP contribution < -0.4 is 11.1 Å². The van der Waals surface area contributed by atoms with Crippen molar-refractivity contribution in [3.63, 3.8) is 0 Å². The van der Waals surface area contributed by atoms with Crippen LogP contribution in [0, 0.1) is 5.92 Å². The summed E-state index contributed by atoms with van der Waals surface area (Å²) in [6.45, 7) is 3.46. The van der Waals surface area contributed by atoms with Crippen LogP contribution in [0.25, 0.3) is 0 Å². The minimum Gasteiger partial charge on any atom is -0.368 e. The minimum absolute atomic E-state index is 0.225. The SMILES string of the molecule is CC(C)C(=O)N[C@H](CC[S@@](=O)c1ccccc1)C(N)=O. The van der Waals surface area contributed by atoms with Gasteiger partial charge in [0.1, 0.15) is 6.04 Å².